The first-order valence-electron chi connectivity index (χ1n) is 12.7. The maximum Gasteiger partial charge on any atom is 0.140 e. The molecular weight excluding hydrogens is 404 g/mol. The van der Waals surface area contributed by atoms with Crippen molar-refractivity contribution in [3.05, 3.63) is 0 Å². The summed E-state index contributed by atoms with van der Waals surface area (Å²) >= 11 is 0. The summed E-state index contributed by atoms with van der Waals surface area (Å²) in [6.45, 7) is 42.6. The van der Waals surface area contributed by atoms with Gasteiger partial charge in [-0.15, -0.1) is 0 Å². The number of carbonyl (C=O) groups is 2. The second kappa shape index (κ2) is 16.9. The van der Waals surface area contributed by atoms with Crippen LogP contribution in [0.2, 0.25) is 0 Å². The number of hydrogen-bond donors (Lipinski definition) is 0. The van der Waals surface area contributed by atoms with Crippen molar-refractivity contribution < 1.29 is 9.59 Å². The first kappa shape index (κ1) is 42.5. The summed E-state index contributed by atoms with van der Waals surface area (Å²) in [7, 11) is 0. The van der Waals surface area contributed by atoms with Gasteiger partial charge in [0, 0.05) is 17.3 Å². The zero-order valence-corrected chi connectivity index (χ0v) is 26.1. The van der Waals surface area contributed by atoms with Crippen molar-refractivity contribution in [3.8, 4) is 0 Å². The van der Waals surface area contributed by atoms with Crippen LogP contribution in [0.15, 0.2) is 0 Å². The average molecular weight is 473 g/mol. The van der Waals surface area contributed by atoms with E-state index in [2.05, 4.69) is 83.1 Å². The molecule has 0 bridgehead atoms. The molecule has 0 N–H and O–H groups in total. The normalized spacial score (nSPS) is 12.1. The first-order chi connectivity index (χ1) is 13.6. The lowest BCUT2D eigenvalue weighted by Gasteiger charge is -2.42. The van der Waals surface area contributed by atoms with Crippen LogP contribution in [0.25, 0.3) is 0 Å². The minimum absolute atomic E-state index is 0. The van der Waals surface area contributed by atoms with E-state index < -0.39 is 0 Å². The number of Topliss-reactive ketones (excluding diaryl/α,β-unsaturated/α-hetero) is 2. The predicted molar refractivity (Wildman–Crippen MR) is 154 cm³/mol. The van der Waals surface area contributed by atoms with Crippen molar-refractivity contribution in [1.82, 2.24) is 0 Å². The lowest BCUT2D eigenvalue weighted by Crippen LogP contribution is -2.34. The van der Waals surface area contributed by atoms with Gasteiger partial charge in [0.15, 0.2) is 0 Å². The van der Waals surface area contributed by atoms with Crippen LogP contribution in [0.5, 0.6) is 0 Å². The molecule has 0 atom stereocenters. The van der Waals surface area contributed by atoms with Crippen LogP contribution in [0, 0.1) is 45.3 Å². The molecule has 0 aliphatic carbocycles. The monoisotopic (exact) mass is 473 g/mol. The zero-order chi connectivity index (χ0) is 27.5. The molecule has 0 aromatic rings. The summed E-state index contributed by atoms with van der Waals surface area (Å²) in [5, 5.41) is 0. The van der Waals surface area contributed by atoms with Crippen molar-refractivity contribution in [2.24, 2.45) is 45.3 Å². The van der Waals surface area contributed by atoms with Crippen LogP contribution in [0.1, 0.15) is 146 Å². The minimum Gasteiger partial charge on any atom is -0.300 e. The molecule has 0 rings (SSSR count). The van der Waals surface area contributed by atoms with Gasteiger partial charge in [0.1, 0.15) is 11.6 Å². The Bertz CT molecular complexity index is 499. The van der Waals surface area contributed by atoms with Crippen molar-refractivity contribution in [2.45, 2.75) is 146 Å². The molecule has 0 amide bonds. The molecule has 0 radical (unpaired) electrons. The van der Waals surface area contributed by atoms with Gasteiger partial charge < -0.3 is 0 Å². The molecule has 204 valence electrons. The third-order valence-corrected chi connectivity index (χ3v) is 7.19. The largest absolute Gasteiger partial charge is 0.300 e. The molecule has 0 aromatic carbocycles. The van der Waals surface area contributed by atoms with Gasteiger partial charge in [0.25, 0.3) is 0 Å². The second-order valence-corrected chi connectivity index (χ2v) is 14.2. The molecule has 33 heavy (non-hydrogen) atoms. The van der Waals surface area contributed by atoms with Crippen molar-refractivity contribution in [2.75, 3.05) is 0 Å². The Balaban J connectivity index is -0.000000106. The van der Waals surface area contributed by atoms with Crippen LogP contribution < -0.4 is 0 Å². The fourth-order valence-electron chi connectivity index (χ4n) is 1.73. The molecule has 0 saturated carbocycles. The molecule has 0 spiro atoms. The third-order valence-electron chi connectivity index (χ3n) is 7.19. The SMILES string of the molecule is C.CC(=O)C(C)C.CC(C)C(=O)C(C)(C)C.CC(C)C(C)(C)C.CC(C)C(C)(C)C(C)(C)C. The van der Waals surface area contributed by atoms with Crippen LogP contribution in [-0.4, -0.2) is 11.6 Å². The molecular formula is C31H68O2. The van der Waals surface area contributed by atoms with Crippen LogP contribution >= 0.6 is 0 Å². The number of rotatable bonds is 3. The highest BCUT2D eigenvalue weighted by atomic mass is 16.1. The Morgan fingerprint density at radius 3 is 0.788 bits per heavy atom. The molecule has 0 aliphatic rings. The quantitative estimate of drug-likeness (QED) is 0.409. The predicted octanol–water partition coefficient (Wildman–Crippen LogP) is 10.5. The fourth-order valence-corrected chi connectivity index (χ4v) is 1.73. The Morgan fingerprint density at radius 1 is 0.545 bits per heavy atom. The lowest BCUT2D eigenvalue weighted by atomic mass is 9.63. The van der Waals surface area contributed by atoms with E-state index in [-0.39, 0.29) is 30.5 Å². The highest BCUT2D eigenvalue weighted by molar-refractivity contribution is 5.85. The van der Waals surface area contributed by atoms with Gasteiger partial charge in [-0.1, -0.05) is 139 Å². The molecule has 0 aliphatic heterocycles. The van der Waals surface area contributed by atoms with Gasteiger partial charge >= 0.3 is 0 Å². The Labute approximate surface area is 212 Å². The smallest absolute Gasteiger partial charge is 0.140 e. The maximum absolute atomic E-state index is 11.2. The second-order valence-electron chi connectivity index (χ2n) is 14.2. The lowest BCUT2D eigenvalue weighted by molar-refractivity contribution is -0.129. The van der Waals surface area contributed by atoms with E-state index in [0.717, 1.165) is 11.8 Å². The van der Waals surface area contributed by atoms with E-state index in [1.54, 1.807) is 6.92 Å². The van der Waals surface area contributed by atoms with E-state index in [4.69, 9.17) is 0 Å². The van der Waals surface area contributed by atoms with Gasteiger partial charge in [0.05, 0.1) is 0 Å². The van der Waals surface area contributed by atoms with Crippen LogP contribution in [-0.2, 0) is 9.59 Å². The maximum atomic E-state index is 11.2. The number of carbonyl (C=O) groups excluding carboxylic acids is 2. The molecule has 0 saturated heterocycles. The Kier molecular flexibility index (Phi) is 21.7. The summed E-state index contributed by atoms with van der Waals surface area (Å²) in [4.78, 5) is 21.3. The van der Waals surface area contributed by atoms with Gasteiger partial charge in [-0.05, 0) is 35.0 Å². The first-order valence-corrected chi connectivity index (χ1v) is 12.7. The average Bonchev–Trinajstić information content (AvgIpc) is 2.52. The summed E-state index contributed by atoms with van der Waals surface area (Å²) in [5.74, 6) is 2.53. The van der Waals surface area contributed by atoms with Gasteiger partial charge in [-0.3, -0.25) is 9.59 Å². The summed E-state index contributed by atoms with van der Waals surface area (Å²) < 4.78 is 0. The van der Waals surface area contributed by atoms with Gasteiger partial charge in [0.2, 0.25) is 0 Å². The van der Waals surface area contributed by atoms with E-state index in [9.17, 15) is 9.59 Å². The molecule has 0 aromatic heterocycles. The van der Waals surface area contributed by atoms with Crippen molar-refractivity contribution in [3.63, 3.8) is 0 Å². The highest BCUT2D eigenvalue weighted by Gasteiger charge is 2.35. The standard InChI is InChI=1S/C10H22.C8H16O.C7H16.C5H10O.CH4/c1-8(2)10(6,7)9(3,4)5;1-6(2)7(9)8(3,4)5;1-6(2)7(3,4)5;1-4(2)5(3)6;/h8H,1-7H3;6H,1-5H3;6H,1-5H3;4H,1-3H3;1H4. The highest BCUT2D eigenvalue weighted by Crippen LogP contribution is 2.43. The summed E-state index contributed by atoms with van der Waals surface area (Å²) in [6, 6.07) is 0. The van der Waals surface area contributed by atoms with E-state index in [1.807, 2.05) is 48.5 Å². The van der Waals surface area contributed by atoms with Crippen molar-refractivity contribution >= 4 is 11.6 Å². The van der Waals surface area contributed by atoms with E-state index >= 15 is 0 Å². The third kappa shape index (κ3) is 22.9. The Morgan fingerprint density at radius 2 is 0.788 bits per heavy atom. The van der Waals surface area contributed by atoms with Gasteiger partial charge in [-0.25, -0.2) is 0 Å². The van der Waals surface area contributed by atoms with Crippen molar-refractivity contribution in [1.29, 1.82) is 0 Å². The zero-order valence-electron chi connectivity index (χ0n) is 26.1. The molecule has 0 fully saturated rings. The molecule has 2 heteroatoms. The van der Waals surface area contributed by atoms with Crippen LogP contribution in [0.3, 0.4) is 0 Å². The number of ketones is 2. The minimum atomic E-state index is -0.159. The molecule has 2 nitrogen and oxygen atoms in total. The molecule has 0 unspecified atom stereocenters. The summed E-state index contributed by atoms with van der Waals surface area (Å²) in [5.41, 5.74) is 1.20. The van der Waals surface area contributed by atoms with E-state index in [0.29, 0.717) is 22.0 Å². The van der Waals surface area contributed by atoms with E-state index in [1.165, 1.54) is 0 Å². The summed E-state index contributed by atoms with van der Waals surface area (Å²) in [6.07, 6.45) is 0. The van der Waals surface area contributed by atoms with Gasteiger partial charge in [-0.2, -0.15) is 0 Å². The topological polar surface area (TPSA) is 34.1 Å². The molecule has 0 heterocycles. The van der Waals surface area contributed by atoms with Crippen LogP contribution in [0.4, 0.5) is 0 Å². The Hall–Kier alpha value is -0.660. The fraction of sp³-hybridized carbons (Fsp3) is 0.935. The number of hydrogen-bond acceptors (Lipinski definition) is 2.